The second-order valence-electron chi connectivity index (χ2n) is 4.92. The maximum absolute atomic E-state index is 2.49. The van der Waals surface area contributed by atoms with E-state index in [1.54, 1.807) is 0 Å². The van der Waals surface area contributed by atoms with Gasteiger partial charge in [-0.1, -0.05) is 52.9 Å². The van der Waals surface area contributed by atoms with Crippen LogP contribution in [0.3, 0.4) is 0 Å². The molecule has 0 aromatic carbocycles. The molecule has 0 aromatic heterocycles. The lowest BCUT2D eigenvalue weighted by Gasteiger charge is -2.28. The van der Waals surface area contributed by atoms with E-state index in [1.165, 1.54) is 44.9 Å². The molecule has 12 heavy (non-hydrogen) atoms. The highest BCUT2D eigenvalue weighted by Gasteiger charge is 2.31. The normalized spacial score (nSPS) is 22.2. The molecular weight excluding hydrogens is 144 g/mol. The molecule has 0 nitrogen and oxygen atoms in total. The molecule has 0 aliphatic heterocycles. The van der Waals surface area contributed by atoms with E-state index in [2.05, 4.69) is 20.8 Å². The fourth-order valence-corrected chi connectivity index (χ4v) is 2.05. The van der Waals surface area contributed by atoms with Gasteiger partial charge in [0, 0.05) is 0 Å². The third kappa shape index (κ3) is 3.16. The second kappa shape index (κ2) is 4.30. The highest BCUT2D eigenvalue weighted by Crippen LogP contribution is 2.44. The molecule has 0 aromatic rings. The van der Waals surface area contributed by atoms with E-state index < -0.39 is 0 Å². The zero-order valence-electron chi connectivity index (χ0n) is 9.03. The zero-order valence-corrected chi connectivity index (χ0v) is 9.03. The van der Waals surface area contributed by atoms with Crippen LogP contribution in [0.15, 0.2) is 0 Å². The second-order valence-corrected chi connectivity index (χ2v) is 4.92. The van der Waals surface area contributed by atoms with E-state index in [4.69, 9.17) is 0 Å². The van der Waals surface area contributed by atoms with Gasteiger partial charge in [-0.25, -0.2) is 0 Å². The van der Waals surface area contributed by atoms with Gasteiger partial charge in [-0.15, -0.1) is 0 Å². The summed E-state index contributed by atoms with van der Waals surface area (Å²) in [6.45, 7) is 7.15. The fraction of sp³-hybridized carbons (Fsp3) is 1.00. The predicted octanol–water partition coefficient (Wildman–Crippen LogP) is 4.39. The Labute approximate surface area is 77.7 Å². The van der Waals surface area contributed by atoms with E-state index in [9.17, 15) is 0 Å². The molecule has 0 heteroatoms. The van der Waals surface area contributed by atoms with Crippen molar-refractivity contribution in [1.82, 2.24) is 0 Å². The van der Waals surface area contributed by atoms with Crippen LogP contribution < -0.4 is 0 Å². The first-order valence-electron chi connectivity index (χ1n) is 5.70. The average Bonchev–Trinajstić information content (AvgIpc) is 2.85. The minimum atomic E-state index is 0.678. The highest BCUT2D eigenvalue weighted by molar-refractivity contribution is 4.83. The maximum Gasteiger partial charge on any atom is -0.0326 e. The minimum absolute atomic E-state index is 0.678. The van der Waals surface area contributed by atoms with Crippen LogP contribution >= 0.6 is 0 Å². The summed E-state index contributed by atoms with van der Waals surface area (Å²) in [7, 11) is 0. The lowest BCUT2D eigenvalue weighted by atomic mass is 9.78. The van der Waals surface area contributed by atoms with E-state index in [1.807, 2.05) is 0 Å². The van der Waals surface area contributed by atoms with Crippen LogP contribution in [-0.2, 0) is 0 Å². The Morgan fingerprint density at radius 2 is 1.92 bits per heavy atom. The summed E-state index contributed by atoms with van der Waals surface area (Å²) in [4.78, 5) is 0. The van der Waals surface area contributed by atoms with Crippen LogP contribution in [0, 0.1) is 11.3 Å². The van der Waals surface area contributed by atoms with Gasteiger partial charge in [0.25, 0.3) is 0 Å². The molecule has 72 valence electrons. The van der Waals surface area contributed by atoms with Crippen LogP contribution in [0.5, 0.6) is 0 Å². The zero-order chi connectivity index (χ0) is 9.03. The molecule has 1 aliphatic rings. The number of hydrogen-bond acceptors (Lipinski definition) is 0. The van der Waals surface area contributed by atoms with Crippen molar-refractivity contribution < 1.29 is 0 Å². The van der Waals surface area contributed by atoms with E-state index in [0.717, 1.165) is 5.92 Å². The van der Waals surface area contributed by atoms with Crippen LogP contribution in [0.4, 0.5) is 0 Å². The van der Waals surface area contributed by atoms with Gasteiger partial charge in [0.2, 0.25) is 0 Å². The number of unbranched alkanes of at least 4 members (excludes halogenated alkanes) is 1. The summed E-state index contributed by atoms with van der Waals surface area (Å²) in [5.41, 5.74) is 0.678. The molecule has 1 fully saturated rings. The third-order valence-electron chi connectivity index (χ3n) is 3.47. The Bertz CT molecular complexity index is 124. The van der Waals surface area contributed by atoms with Gasteiger partial charge in [-0.2, -0.15) is 0 Å². The van der Waals surface area contributed by atoms with Crippen molar-refractivity contribution in [2.24, 2.45) is 11.3 Å². The highest BCUT2D eigenvalue weighted by atomic mass is 14.4. The molecule has 1 saturated carbocycles. The first-order valence-corrected chi connectivity index (χ1v) is 5.70. The maximum atomic E-state index is 2.49. The van der Waals surface area contributed by atoms with Gasteiger partial charge in [-0.05, 0) is 24.2 Å². The van der Waals surface area contributed by atoms with Crippen molar-refractivity contribution in [3.05, 3.63) is 0 Å². The largest absolute Gasteiger partial charge is 0.0654 e. The summed E-state index contributed by atoms with van der Waals surface area (Å²) >= 11 is 0. The molecule has 0 radical (unpaired) electrons. The lowest BCUT2D eigenvalue weighted by molar-refractivity contribution is 0.239. The summed E-state index contributed by atoms with van der Waals surface area (Å²) in [5.74, 6) is 1.10. The monoisotopic (exact) mass is 168 g/mol. The van der Waals surface area contributed by atoms with E-state index in [0.29, 0.717) is 5.41 Å². The van der Waals surface area contributed by atoms with Crippen molar-refractivity contribution in [1.29, 1.82) is 0 Å². The summed E-state index contributed by atoms with van der Waals surface area (Å²) < 4.78 is 0. The van der Waals surface area contributed by atoms with Gasteiger partial charge < -0.3 is 0 Å². The van der Waals surface area contributed by atoms with Crippen LogP contribution in [0.1, 0.15) is 65.7 Å². The van der Waals surface area contributed by atoms with Crippen molar-refractivity contribution >= 4 is 0 Å². The van der Waals surface area contributed by atoms with Gasteiger partial charge >= 0.3 is 0 Å². The quantitative estimate of drug-likeness (QED) is 0.551. The van der Waals surface area contributed by atoms with Crippen molar-refractivity contribution in [2.75, 3.05) is 0 Å². The lowest BCUT2D eigenvalue weighted by Crippen LogP contribution is -2.15. The predicted molar refractivity (Wildman–Crippen MR) is 55.3 cm³/mol. The van der Waals surface area contributed by atoms with E-state index in [-0.39, 0.29) is 0 Å². The Morgan fingerprint density at radius 3 is 2.33 bits per heavy atom. The summed E-state index contributed by atoms with van der Waals surface area (Å²) in [6, 6.07) is 0. The van der Waals surface area contributed by atoms with Gasteiger partial charge in [0.15, 0.2) is 0 Å². The van der Waals surface area contributed by atoms with Crippen LogP contribution in [-0.4, -0.2) is 0 Å². The van der Waals surface area contributed by atoms with Crippen molar-refractivity contribution in [3.8, 4) is 0 Å². The standard InChI is InChI=1S/C12H24/c1-4-6-9-12(3,5-2)10-11-7-8-11/h11H,4-10H2,1-3H3. The van der Waals surface area contributed by atoms with Crippen LogP contribution in [0.2, 0.25) is 0 Å². The van der Waals surface area contributed by atoms with Crippen molar-refractivity contribution in [3.63, 3.8) is 0 Å². The number of rotatable bonds is 6. The average molecular weight is 168 g/mol. The Morgan fingerprint density at radius 1 is 1.25 bits per heavy atom. The first-order chi connectivity index (χ1) is 5.70. The molecule has 1 aliphatic carbocycles. The fourth-order valence-electron chi connectivity index (χ4n) is 2.05. The molecule has 0 spiro atoms. The van der Waals surface area contributed by atoms with Crippen LogP contribution in [0.25, 0.3) is 0 Å². The Kier molecular flexibility index (Phi) is 3.61. The molecule has 0 heterocycles. The molecule has 0 N–H and O–H groups in total. The third-order valence-corrected chi connectivity index (χ3v) is 3.47. The SMILES string of the molecule is CCCCC(C)(CC)CC1CC1. The molecule has 1 atom stereocenters. The molecule has 0 amide bonds. The van der Waals surface area contributed by atoms with Gasteiger partial charge in [-0.3, -0.25) is 0 Å². The molecular formula is C12H24. The van der Waals surface area contributed by atoms with E-state index >= 15 is 0 Å². The molecule has 0 saturated heterocycles. The smallest absolute Gasteiger partial charge is 0.0326 e. The van der Waals surface area contributed by atoms with Crippen molar-refractivity contribution in [2.45, 2.75) is 65.7 Å². The molecule has 0 bridgehead atoms. The van der Waals surface area contributed by atoms with Gasteiger partial charge in [0.05, 0.1) is 0 Å². The van der Waals surface area contributed by atoms with Gasteiger partial charge in [0.1, 0.15) is 0 Å². The molecule has 1 unspecified atom stereocenters. The molecule has 1 rings (SSSR count). The Balaban J connectivity index is 2.25. The first kappa shape index (κ1) is 10.1. The minimum Gasteiger partial charge on any atom is -0.0654 e. The number of hydrogen-bond donors (Lipinski definition) is 0. The Hall–Kier alpha value is 0. The summed E-state index contributed by atoms with van der Waals surface area (Å²) in [6.07, 6.45) is 10.2. The topological polar surface area (TPSA) is 0 Å². The summed E-state index contributed by atoms with van der Waals surface area (Å²) in [5, 5.41) is 0.